The maximum atomic E-state index is 12.1. The van der Waals surface area contributed by atoms with E-state index in [1.165, 1.54) is 5.56 Å². The molecule has 4 rings (SSSR count). The van der Waals surface area contributed by atoms with Crippen LogP contribution in [0.25, 0.3) is 0 Å². The summed E-state index contributed by atoms with van der Waals surface area (Å²) in [5.74, 6) is 0. The van der Waals surface area contributed by atoms with Gasteiger partial charge in [0.05, 0.1) is 19.3 Å². The van der Waals surface area contributed by atoms with Crippen LogP contribution in [0, 0.1) is 0 Å². The minimum Gasteiger partial charge on any atom is -0.379 e. The van der Waals surface area contributed by atoms with Gasteiger partial charge >= 0.3 is 0 Å². The van der Waals surface area contributed by atoms with E-state index in [1.54, 1.807) is 0 Å². The molecule has 1 N–H and O–H groups in total. The molecule has 138 valence electrons. The van der Waals surface area contributed by atoms with Gasteiger partial charge in [0.15, 0.2) is 0 Å². The maximum absolute atomic E-state index is 12.1. The summed E-state index contributed by atoms with van der Waals surface area (Å²) in [7, 11) is 0. The molecule has 1 saturated heterocycles. The van der Waals surface area contributed by atoms with Gasteiger partial charge in [0, 0.05) is 13.1 Å². The first kappa shape index (κ1) is 17.9. The summed E-state index contributed by atoms with van der Waals surface area (Å²) >= 11 is 0. The van der Waals surface area contributed by atoms with Crippen LogP contribution in [0.15, 0.2) is 91.0 Å². The predicted molar refractivity (Wildman–Crippen MR) is 107 cm³/mol. The Morgan fingerprint density at radius 3 is 1.89 bits per heavy atom. The lowest BCUT2D eigenvalue weighted by molar-refractivity contribution is -0.1000. The zero-order chi connectivity index (χ0) is 18.5. The number of hydrogen-bond acceptors (Lipinski definition) is 3. The number of hydrogen-bond donors (Lipinski definition) is 1. The second kappa shape index (κ2) is 8.05. The van der Waals surface area contributed by atoms with Crippen molar-refractivity contribution in [2.45, 2.75) is 18.2 Å². The number of rotatable bonds is 5. The third kappa shape index (κ3) is 3.67. The molecule has 3 aromatic carbocycles. The van der Waals surface area contributed by atoms with E-state index in [2.05, 4.69) is 29.2 Å². The van der Waals surface area contributed by atoms with E-state index in [0.29, 0.717) is 13.2 Å². The second-order valence-corrected chi connectivity index (χ2v) is 7.05. The predicted octanol–water partition coefficient (Wildman–Crippen LogP) is 3.82. The van der Waals surface area contributed by atoms with Gasteiger partial charge in [0.2, 0.25) is 0 Å². The van der Waals surface area contributed by atoms with Gasteiger partial charge in [-0.05, 0) is 16.7 Å². The highest BCUT2D eigenvalue weighted by Gasteiger charge is 2.44. The lowest BCUT2D eigenvalue weighted by atomic mass is 9.79. The normalized spacial score (nSPS) is 18.3. The van der Waals surface area contributed by atoms with Crippen LogP contribution in [0.1, 0.15) is 16.7 Å². The fourth-order valence-electron chi connectivity index (χ4n) is 3.97. The molecule has 27 heavy (non-hydrogen) atoms. The molecular formula is C24H25NO2. The SMILES string of the molecule is OC(c1ccccc1)(c1ccccc1)[C@@H]1COCCN1Cc1ccccc1. The third-order valence-electron chi connectivity index (χ3n) is 5.38. The van der Waals surface area contributed by atoms with E-state index >= 15 is 0 Å². The molecule has 0 aliphatic carbocycles. The smallest absolute Gasteiger partial charge is 0.132 e. The molecular weight excluding hydrogens is 334 g/mol. The van der Waals surface area contributed by atoms with E-state index in [9.17, 15) is 5.11 Å². The number of morpholine rings is 1. The number of nitrogens with zero attached hydrogens (tertiary/aromatic N) is 1. The highest BCUT2D eigenvalue weighted by atomic mass is 16.5. The Kier molecular flexibility index (Phi) is 5.35. The molecule has 1 aliphatic rings. The highest BCUT2D eigenvalue weighted by Crippen LogP contribution is 2.37. The van der Waals surface area contributed by atoms with Gasteiger partial charge in [-0.3, -0.25) is 4.90 Å². The number of ether oxygens (including phenoxy) is 1. The third-order valence-corrected chi connectivity index (χ3v) is 5.38. The fourth-order valence-corrected chi connectivity index (χ4v) is 3.97. The van der Waals surface area contributed by atoms with Gasteiger partial charge in [-0.1, -0.05) is 91.0 Å². The van der Waals surface area contributed by atoms with Crippen LogP contribution in [0.3, 0.4) is 0 Å². The van der Waals surface area contributed by atoms with Gasteiger partial charge in [-0.2, -0.15) is 0 Å². The number of aliphatic hydroxyl groups is 1. The molecule has 3 nitrogen and oxygen atoms in total. The summed E-state index contributed by atoms with van der Waals surface area (Å²) in [6, 6.07) is 30.1. The van der Waals surface area contributed by atoms with Crippen molar-refractivity contribution in [3.63, 3.8) is 0 Å². The van der Waals surface area contributed by atoms with E-state index in [0.717, 1.165) is 24.2 Å². The van der Waals surface area contributed by atoms with Crippen molar-refractivity contribution in [1.82, 2.24) is 4.90 Å². The Morgan fingerprint density at radius 1 is 0.815 bits per heavy atom. The maximum Gasteiger partial charge on any atom is 0.132 e. The van der Waals surface area contributed by atoms with Crippen LogP contribution in [0.4, 0.5) is 0 Å². The highest BCUT2D eigenvalue weighted by molar-refractivity contribution is 5.38. The summed E-state index contributed by atoms with van der Waals surface area (Å²) in [6.45, 7) is 2.76. The van der Waals surface area contributed by atoms with Crippen molar-refractivity contribution in [1.29, 1.82) is 0 Å². The standard InChI is InChI=1S/C24H25NO2/c26-24(21-12-6-2-7-13-21,22-14-8-3-9-15-22)23-19-27-17-16-25(23)18-20-10-4-1-5-11-20/h1-15,23,26H,16-19H2/t23-/m0/s1. The monoisotopic (exact) mass is 359 g/mol. The van der Waals surface area contributed by atoms with Crippen LogP contribution in [0.2, 0.25) is 0 Å². The zero-order valence-corrected chi connectivity index (χ0v) is 15.4. The number of benzene rings is 3. The first-order valence-corrected chi connectivity index (χ1v) is 9.47. The van der Waals surface area contributed by atoms with Gasteiger partial charge in [-0.15, -0.1) is 0 Å². The van der Waals surface area contributed by atoms with E-state index in [1.807, 2.05) is 66.7 Å². The Morgan fingerprint density at radius 2 is 1.33 bits per heavy atom. The largest absolute Gasteiger partial charge is 0.379 e. The van der Waals surface area contributed by atoms with Crippen molar-refractivity contribution in [2.75, 3.05) is 19.8 Å². The first-order chi connectivity index (χ1) is 13.3. The fraction of sp³-hybridized carbons (Fsp3) is 0.250. The zero-order valence-electron chi connectivity index (χ0n) is 15.4. The van der Waals surface area contributed by atoms with Crippen LogP contribution < -0.4 is 0 Å². The van der Waals surface area contributed by atoms with Gasteiger partial charge in [-0.25, -0.2) is 0 Å². The quantitative estimate of drug-likeness (QED) is 0.752. The van der Waals surface area contributed by atoms with E-state index in [-0.39, 0.29) is 6.04 Å². The lowest BCUT2D eigenvalue weighted by Crippen LogP contribution is -2.57. The molecule has 1 heterocycles. The minimum absolute atomic E-state index is 0.170. The lowest BCUT2D eigenvalue weighted by Gasteiger charge is -2.46. The van der Waals surface area contributed by atoms with Crippen molar-refractivity contribution < 1.29 is 9.84 Å². The second-order valence-electron chi connectivity index (χ2n) is 7.05. The van der Waals surface area contributed by atoms with Crippen molar-refractivity contribution >= 4 is 0 Å². The van der Waals surface area contributed by atoms with E-state index in [4.69, 9.17) is 4.74 Å². The minimum atomic E-state index is -1.14. The Hall–Kier alpha value is -2.46. The molecule has 1 atom stereocenters. The van der Waals surface area contributed by atoms with Gasteiger partial charge in [0.25, 0.3) is 0 Å². The molecule has 0 saturated carbocycles. The summed E-state index contributed by atoms with van der Waals surface area (Å²) in [5, 5.41) is 12.1. The van der Waals surface area contributed by atoms with Crippen molar-refractivity contribution in [2.24, 2.45) is 0 Å². The Bertz CT molecular complexity index is 797. The van der Waals surface area contributed by atoms with Crippen LogP contribution in [-0.4, -0.2) is 35.8 Å². The average Bonchev–Trinajstić information content (AvgIpc) is 2.75. The molecule has 3 aromatic rings. The molecule has 0 amide bonds. The van der Waals surface area contributed by atoms with Crippen molar-refractivity contribution in [3.8, 4) is 0 Å². The summed E-state index contributed by atoms with van der Waals surface area (Å²) in [6.07, 6.45) is 0. The van der Waals surface area contributed by atoms with Gasteiger partial charge in [0.1, 0.15) is 5.60 Å². The molecule has 0 unspecified atom stereocenters. The topological polar surface area (TPSA) is 32.7 Å². The molecule has 3 heteroatoms. The van der Waals surface area contributed by atoms with Crippen LogP contribution in [0.5, 0.6) is 0 Å². The average molecular weight is 359 g/mol. The van der Waals surface area contributed by atoms with Gasteiger partial charge < -0.3 is 9.84 Å². The molecule has 1 fully saturated rings. The molecule has 0 bridgehead atoms. The summed E-state index contributed by atoms with van der Waals surface area (Å²) < 4.78 is 5.84. The van der Waals surface area contributed by atoms with Crippen molar-refractivity contribution in [3.05, 3.63) is 108 Å². The van der Waals surface area contributed by atoms with Crippen LogP contribution in [-0.2, 0) is 16.9 Å². The molecule has 0 spiro atoms. The molecule has 0 radical (unpaired) electrons. The Labute approximate surface area is 160 Å². The Balaban J connectivity index is 1.76. The molecule has 0 aromatic heterocycles. The first-order valence-electron chi connectivity index (χ1n) is 9.47. The van der Waals surface area contributed by atoms with Crippen LogP contribution >= 0.6 is 0 Å². The molecule has 1 aliphatic heterocycles. The van der Waals surface area contributed by atoms with E-state index < -0.39 is 5.60 Å². The summed E-state index contributed by atoms with van der Waals surface area (Å²) in [5.41, 5.74) is 1.89. The summed E-state index contributed by atoms with van der Waals surface area (Å²) in [4.78, 5) is 2.35.